The molecular formula is C13H25ClO3S. The molecule has 3 nitrogen and oxygen atoms in total. The fourth-order valence-corrected chi connectivity index (χ4v) is 3.39. The summed E-state index contributed by atoms with van der Waals surface area (Å²) < 4.78 is 27.6. The van der Waals surface area contributed by atoms with E-state index in [1.54, 1.807) is 0 Å². The van der Waals surface area contributed by atoms with E-state index in [1.165, 1.54) is 25.7 Å². The van der Waals surface area contributed by atoms with Crippen LogP contribution in [0.25, 0.3) is 0 Å². The number of halogens is 1. The average molecular weight is 297 g/mol. The molecule has 1 aliphatic rings. The third-order valence-electron chi connectivity index (χ3n) is 3.83. The molecule has 3 atom stereocenters. The summed E-state index contributed by atoms with van der Waals surface area (Å²) in [7, 11) is 1.85. The molecule has 1 rings (SSSR count). The van der Waals surface area contributed by atoms with Gasteiger partial charge in [-0.05, 0) is 37.5 Å². The molecule has 0 spiro atoms. The lowest BCUT2D eigenvalue weighted by Crippen LogP contribution is -2.26. The van der Waals surface area contributed by atoms with Gasteiger partial charge in [-0.2, -0.15) is 0 Å². The Hall–Kier alpha value is 0.200. The minimum absolute atomic E-state index is 0.0650. The zero-order valence-corrected chi connectivity index (χ0v) is 13.0. The number of hydrogen-bond acceptors (Lipinski definition) is 3. The number of hydrogen-bond donors (Lipinski definition) is 0. The Bertz CT molecular complexity index is 329. The summed E-state index contributed by atoms with van der Waals surface area (Å²) >= 11 is 0. The molecule has 108 valence electrons. The van der Waals surface area contributed by atoms with Crippen molar-refractivity contribution in [1.82, 2.24) is 0 Å². The first-order chi connectivity index (χ1) is 8.38. The monoisotopic (exact) mass is 296 g/mol. The normalized spacial score (nSPS) is 27.1. The highest BCUT2D eigenvalue weighted by Crippen LogP contribution is 2.26. The van der Waals surface area contributed by atoms with Gasteiger partial charge in [0.1, 0.15) is 0 Å². The molecule has 3 unspecified atom stereocenters. The van der Waals surface area contributed by atoms with Crippen LogP contribution in [0.5, 0.6) is 0 Å². The molecule has 18 heavy (non-hydrogen) atoms. The maximum atomic E-state index is 10.8. The van der Waals surface area contributed by atoms with Gasteiger partial charge in [-0.15, -0.1) is 0 Å². The van der Waals surface area contributed by atoms with Crippen molar-refractivity contribution in [2.75, 3.05) is 12.4 Å². The highest BCUT2D eigenvalue weighted by Gasteiger charge is 2.21. The standard InChI is InChI=1S/C13H25ClO3S/c1-11(8-10-18(14,15)16)7-9-17-13-6-4-3-5-12(13)2/h11-13H,3-10H2,1-2H3. The van der Waals surface area contributed by atoms with Crippen LogP contribution in [0.4, 0.5) is 0 Å². The average Bonchev–Trinajstić information content (AvgIpc) is 2.28. The molecule has 0 aliphatic heterocycles. The Morgan fingerprint density at radius 1 is 1.28 bits per heavy atom. The molecule has 0 N–H and O–H groups in total. The molecule has 0 aromatic rings. The van der Waals surface area contributed by atoms with E-state index >= 15 is 0 Å². The first-order valence-corrected chi connectivity index (χ1v) is 9.40. The molecule has 0 radical (unpaired) electrons. The lowest BCUT2D eigenvalue weighted by molar-refractivity contribution is -0.00990. The first-order valence-electron chi connectivity index (χ1n) is 6.92. The predicted molar refractivity (Wildman–Crippen MR) is 75.4 cm³/mol. The molecule has 1 aliphatic carbocycles. The summed E-state index contributed by atoms with van der Waals surface area (Å²) in [6.45, 7) is 5.04. The molecule has 1 fully saturated rings. The van der Waals surface area contributed by atoms with E-state index in [2.05, 4.69) is 13.8 Å². The third-order valence-corrected chi connectivity index (χ3v) is 5.02. The van der Waals surface area contributed by atoms with E-state index in [-0.39, 0.29) is 5.75 Å². The Balaban J connectivity index is 2.13. The largest absolute Gasteiger partial charge is 0.378 e. The predicted octanol–water partition coefficient (Wildman–Crippen LogP) is 3.57. The van der Waals surface area contributed by atoms with Gasteiger partial charge in [0.2, 0.25) is 9.05 Å². The summed E-state index contributed by atoms with van der Waals surface area (Å²) in [6, 6.07) is 0. The Kier molecular flexibility index (Phi) is 6.96. The number of ether oxygens (including phenoxy) is 1. The third kappa shape index (κ3) is 6.95. The van der Waals surface area contributed by atoms with E-state index in [0.29, 0.717) is 24.4 Å². The van der Waals surface area contributed by atoms with Crippen LogP contribution in [0, 0.1) is 11.8 Å². The van der Waals surface area contributed by atoms with Crippen LogP contribution < -0.4 is 0 Å². The lowest BCUT2D eigenvalue weighted by atomic mass is 9.88. The van der Waals surface area contributed by atoms with Gasteiger partial charge >= 0.3 is 0 Å². The van der Waals surface area contributed by atoms with Crippen molar-refractivity contribution < 1.29 is 13.2 Å². The van der Waals surface area contributed by atoms with Gasteiger partial charge in [0, 0.05) is 17.3 Å². The van der Waals surface area contributed by atoms with Crippen LogP contribution in [-0.4, -0.2) is 26.9 Å². The van der Waals surface area contributed by atoms with Crippen molar-refractivity contribution in [2.45, 2.75) is 58.5 Å². The molecule has 0 heterocycles. The molecule has 5 heteroatoms. The summed E-state index contributed by atoms with van der Waals surface area (Å²) in [6.07, 6.45) is 6.98. The molecular weight excluding hydrogens is 272 g/mol. The molecule has 0 bridgehead atoms. The van der Waals surface area contributed by atoms with Gasteiger partial charge in [-0.1, -0.05) is 26.7 Å². The zero-order chi connectivity index (χ0) is 13.6. The van der Waals surface area contributed by atoms with Gasteiger partial charge in [0.15, 0.2) is 0 Å². The second-order valence-electron chi connectivity index (χ2n) is 5.60. The first kappa shape index (κ1) is 16.3. The fraction of sp³-hybridized carbons (Fsp3) is 1.00. The van der Waals surface area contributed by atoms with Crippen LogP contribution in [0.15, 0.2) is 0 Å². The highest BCUT2D eigenvalue weighted by molar-refractivity contribution is 8.13. The maximum absolute atomic E-state index is 10.8. The molecule has 0 aromatic heterocycles. The molecule has 0 saturated heterocycles. The van der Waals surface area contributed by atoms with Crippen molar-refractivity contribution >= 4 is 19.7 Å². The Labute approximate surface area is 116 Å². The fourth-order valence-electron chi connectivity index (χ4n) is 2.44. The minimum atomic E-state index is -3.34. The van der Waals surface area contributed by atoms with E-state index in [9.17, 15) is 8.42 Å². The number of rotatable bonds is 7. The maximum Gasteiger partial charge on any atom is 0.232 e. The van der Waals surface area contributed by atoms with Gasteiger partial charge in [0.05, 0.1) is 11.9 Å². The lowest BCUT2D eigenvalue weighted by Gasteiger charge is -2.29. The Morgan fingerprint density at radius 2 is 1.94 bits per heavy atom. The van der Waals surface area contributed by atoms with Crippen LogP contribution >= 0.6 is 10.7 Å². The van der Waals surface area contributed by atoms with Gasteiger partial charge in [0.25, 0.3) is 0 Å². The Morgan fingerprint density at radius 3 is 2.56 bits per heavy atom. The smallest absolute Gasteiger partial charge is 0.232 e. The van der Waals surface area contributed by atoms with Gasteiger partial charge in [-0.3, -0.25) is 0 Å². The van der Waals surface area contributed by atoms with E-state index in [4.69, 9.17) is 15.4 Å². The molecule has 0 aromatic carbocycles. The van der Waals surface area contributed by atoms with Crippen molar-refractivity contribution in [3.05, 3.63) is 0 Å². The quantitative estimate of drug-likeness (QED) is 0.675. The van der Waals surface area contributed by atoms with Crippen molar-refractivity contribution in [2.24, 2.45) is 11.8 Å². The SMILES string of the molecule is CC(CCOC1CCCCC1C)CCS(=O)(=O)Cl. The molecule has 0 amide bonds. The van der Waals surface area contributed by atoms with Crippen LogP contribution in [-0.2, 0) is 13.8 Å². The minimum Gasteiger partial charge on any atom is -0.378 e. The van der Waals surface area contributed by atoms with E-state index < -0.39 is 9.05 Å². The summed E-state index contributed by atoms with van der Waals surface area (Å²) in [4.78, 5) is 0. The second-order valence-corrected chi connectivity index (χ2v) is 8.49. The topological polar surface area (TPSA) is 43.4 Å². The summed E-state index contributed by atoms with van der Waals surface area (Å²) in [5, 5.41) is 0. The van der Waals surface area contributed by atoms with Crippen molar-refractivity contribution in [1.29, 1.82) is 0 Å². The van der Waals surface area contributed by atoms with Crippen LogP contribution in [0.1, 0.15) is 52.4 Å². The van der Waals surface area contributed by atoms with Gasteiger partial charge < -0.3 is 4.74 Å². The summed E-state index contributed by atoms with van der Waals surface area (Å²) in [5.74, 6) is 1.07. The van der Waals surface area contributed by atoms with Crippen molar-refractivity contribution in [3.63, 3.8) is 0 Å². The highest BCUT2D eigenvalue weighted by atomic mass is 35.7. The molecule has 1 saturated carbocycles. The zero-order valence-electron chi connectivity index (χ0n) is 11.4. The van der Waals surface area contributed by atoms with Gasteiger partial charge in [-0.25, -0.2) is 8.42 Å². The van der Waals surface area contributed by atoms with Crippen molar-refractivity contribution in [3.8, 4) is 0 Å². The van der Waals surface area contributed by atoms with E-state index in [1.807, 2.05) is 0 Å². The van der Waals surface area contributed by atoms with E-state index in [0.717, 1.165) is 13.0 Å². The van der Waals surface area contributed by atoms with Crippen LogP contribution in [0.2, 0.25) is 0 Å². The summed E-state index contributed by atoms with van der Waals surface area (Å²) in [5.41, 5.74) is 0. The second kappa shape index (κ2) is 7.71. The van der Waals surface area contributed by atoms with Crippen LogP contribution in [0.3, 0.4) is 0 Å².